The van der Waals surface area contributed by atoms with Gasteiger partial charge in [-0.1, -0.05) is 43.9 Å². The van der Waals surface area contributed by atoms with Crippen LogP contribution in [0.4, 0.5) is 10.2 Å². The predicted molar refractivity (Wildman–Crippen MR) is 78.8 cm³/mol. The smallest absolute Gasteiger partial charge is 0.153 e. The third-order valence-electron chi connectivity index (χ3n) is 4.23. The molecule has 2 aromatic rings. The van der Waals surface area contributed by atoms with Gasteiger partial charge in [0.15, 0.2) is 5.82 Å². The molecule has 1 saturated carbocycles. The van der Waals surface area contributed by atoms with Crippen LogP contribution < -0.4 is 5.73 Å². The van der Waals surface area contributed by atoms with E-state index in [0.717, 1.165) is 24.1 Å². The lowest BCUT2D eigenvalue weighted by Gasteiger charge is -2.15. The minimum absolute atomic E-state index is 0.240. The molecule has 0 amide bonds. The highest BCUT2D eigenvalue weighted by molar-refractivity contribution is 5.77. The van der Waals surface area contributed by atoms with Crippen molar-refractivity contribution in [3.63, 3.8) is 0 Å². The van der Waals surface area contributed by atoms with Crippen molar-refractivity contribution in [1.29, 1.82) is 0 Å². The van der Waals surface area contributed by atoms with Gasteiger partial charge in [0, 0.05) is 22.7 Å². The largest absolute Gasteiger partial charge is 0.382 e. The zero-order valence-electron chi connectivity index (χ0n) is 11.5. The summed E-state index contributed by atoms with van der Waals surface area (Å²) in [6, 6.07) is 6.78. The molecule has 3 rings (SSSR count). The van der Waals surface area contributed by atoms with E-state index < -0.39 is 0 Å². The number of nitrogens with zero attached hydrogens (tertiary/aromatic N) is 1. The van der Waals surface area contributed by atoms with Crippen molar-refractivity contribution < 1.29 is 4.39 Å². The van der Waals surface area contributed by atoms with Gasteiger partial charge in [0.1, 0.15) is 5.82 Å². The van der Waals surface area contributed by atoms with Crippen LogP contribution in [-0.4, -0.2) is 10.2 Å². The lowest BCUT2D eigenvalue weighted by Crippen LogP contribution is -2.01. The molecule has 1 aliphatic carbocycles. The minimum atomic E-state index is -0.240. The first kappa shape index (κ1) is 13.2. The molecule has 0 radical (unpaired) electrons. The SMILES string of the molecule is Nc1n[nH]c(C2CCCCCC2)c1-c1ccccc1F. The maximum absolute atomic E-state index is 14.1. The third kappa shape index (κ3) is 2.42. The van der Waals surface area contributed by atoms with Crippen molar-refractivity contribution in [2.24, 2.45) is 0 Å². The highest BCUT2D eigenvalue weighted by atomic mass is 19.1. The number of H-pyrrole nitrogens is 1. The molecule has 1 aromatic heterocycles. The summed E-state index contributed by atoms with van der Waals surface area (Å²) in [7, 11) is 0. The van der Waals surface area contributed by atoms with Crippen LogP contribution in [0.3, 0.4) is 0 Å². The van der Waals surface area contributed by atoms with E-state index in [0.29, 0.717) is 17.3 Å². The number of nitrogens with two attached hydrogens (primary N) is 1. The molecule has 4 heteroatoms. The number of aromatic nitrogens is 2. The zero-order valence-corrected chi connectivity index (χ0v) is 11.5. The Labute approximate surface area is 118 Å². The molecule has 0 aliphatic heterocycles. The fourth-order valence-electron chi connectivity index (χ4n) is 3.18. The van der Waals surface area contributed by atoms with E-state index in [9.17, 15) is 4.39 Å². The van der Waals surface area contributed by atoms with Gasteiger partial charge in [0.05, 0.1) is 0 Å². The second-order valence-corrected chi connectivity index (χ2v) is 5.57. The molecule has 1 heterocycles. The summed E-state index contributed by atoms with van der Waals surface area (Å²) in [6.07, 6.45) is 7.27. The van der Waals surface area contributed by atoms with Gasteiger partial charge in [-0.25, -0.2) is 4.39 Å². The van der Waals surface area contributed by atoms with Crippen molar-refractivity contribution in [1.82, 2.24) is 10.2 Å². The zero-order chi connectivity index (χ0) is 13.9. The number of halogens is 1. The van der Waals surface area contributed by atoms with Crippen molar-refractivity contribution >= 4 is 5.82 Å². The van der Waals surface area contributed by atoms with Crippen LogP contribution in [0, 0.1) is 5.82 Å². The summed E-state index contributed by atoms with van der Waals surface area (Å²) < 4.78 is 14.1. The third-order valence-corrected chi connectivity index (χ3v) is 4.23. The summed E-state index contributed by atoms with van der Waals surface area (Å²) in [5.74, 6) is 0.571. The standard InChI is InChI=1S/C16H20FN3/c17-13-10-6-5-9-12(13)14-15(19-20-16(14)18)11-7-3-1-2-4-8-11/h5-6,9-11H,1-4,7-8H2,(H3,18,19,20). The second kappa shape index (κ2) is 5.65. The van der Waals surface area contributed by atoms with Gasteiger partial charge in [-0.3, -0.25) is 5.10 Å². The predicted octanol–water partition coefficient (Wildman–Crippen LogP) is 4.24. The van der Waals surface area contributed by atoms with Crippen LogP contribution in [0.2, 0.25) is 0 Å². The minimum Gasteiger partial charge on any atom is -0.382 e. The van der Waals surface area contributed by atoms with Gasteiger partial charge in [0.2, 0.25) is 0 Å². The summed E-state index contributed by atoms with van der Waals surface area (Å²) in [4.78, 5) is 0. The Hall–Kier alpha value is -1.84. The molecule has 1 aliphatic rings. The average Bonchev–Trinajstić information content (AvgIpc) is 2.67. The number of aromatic amines is 1. The van der Waals surface area contributed by atoms with Crippen molar-refractivity contribution in [2.75, 3.05) is 5.73 Å². The average molecular weight is 273 g/mol. The van der Waals surface area contributed by atoms with Crippen molar-refractivity contribution in [3.05, 3.63) is 35.8 Å². The fraction of sp³-hybridized carbons (Fsp3) is 0.438. The molecule has 1 fully saturated rings. The molecule has 1 aromatic carbocycles. The van der Waals surface area contributed by atoms with Crippen LogP contribution in [0.15, 0.2) is 24.3 Å². The van der Waals surface area contributed by atoms with E-state index in [2.05, 4.69) is 10.2 Å². The number of benzene rings is 1. The quantitative estimate of drug-likeness (QED) is 0.804. The van der Waals surface area contributed by atoms with Gasteiger partial charge < -0.3 is 5.73 Å². The molecular formula is C16H20FN3. The summed E-state index contributed by atoms with van der Waals surface area (Å²) in [6.45, 7) is 0. The Bertz CT molecular complexity index is 583. The Kier molecular flexibility index (Phi) is 3.72. The number of hydrogen-bond acceptors (Lipinski definition) is 2. The summed E-state index contributed by atoms with van der Waals surface area (Å²) >= 11 is 0. The Morgan fingerprint density at radius 3 is 2.50 bits per heavy atom. The van der Waals surface area contributed by atoms with Crippen LogP contribution in [0.25, 0.3) is 11.1 Å². The molecular weight excluding hydrogens is 253 g/mol. The van der Waals surface area contributed by atoms with E-state index in [1.165, 1.54) is 31.7 Å². The number of nitrogen functional groups attached to an aromatic ring is 1. The number of nitrogens with one attached hydrogen (secondary N) is 1. The van der Waals surface area contributed by atoms with Crippen LogP contribution in [-0.2, 0) is 0 Å². The highest BCUT2D eigenvalue weighted by Gasteiger charge is 2.23. The first-order valence-corrected chi connectivity index (χ1v) is 7.36. The molecule has 0 saturated heterocycles. The van der Waals surface area contributed by atoms with E-state index in [1.807, 2.05) is 6.07 Å². The van der Waals surface area contributed by atoms with E-state index in [4.69, 9.17) is 5.73 Å². The van der Waals surface area contributed by atoms with Crippen LogP contribution >= 0.6 is 0 Å². The molecule has 0 bridgehead atoms. The lowest BCUT2D eigenvalue weighted by atomic mass is 9.91. The Balaban J connectivity index is 2.03. The van der Waals surface area contributed by atoms with Gasteiger partial charge in [-0.05, 0) is 18.9 Å². The fourth-order valence-corrected chi connectivity index (χ4v) is 3.18. The normalized spacial score (nSPS) is 17.1. The molecule has 106 valence electrons. The highest BCUT2D eigenvalue weighted by Crippen LogP contribution is 2.39. The summed E-state index contributed by atoms with van der Waals surface area (Å²) in [5, 5.41) is 7.18. The molecule has 3 nitrogen and oxygen atoms in total. The Morgan fingerprint density at radius 2 is 1.80 bits per heavy atom. The number of anilines is 1. The van der Waals surface area contributed by atoms with Gasteiger partial charge in [-0.15, -0.1) is 0 Å². The maximum Gasteiger partial charge on any atom is 0.153 e. The first-order valence-electron chi connectivity index (χ1n) is 7.36. The van der Waals surface area contributed by atoms with Gasteiger partial charge in [-0.2, -0.15) is 5.10 Å². The lowest BCUT2D eigenvalue weighted by molar-refractivity contribution is 0.576. The molecule has 0 spiro atoms. The van der Waals surface area contributed by atoms with E-state index >= 15 is 0 Å². The van der Waals surface area contributed by atoms with Crippen molar-refractivity contribution in [3.8, 4) is 11.1 Å². The van der Waals surface area contributed by atoms with Gasteiger partial charge >= 0.3 is 0 Å². The topological polar surface area (TPSA) is 54.7 Å². The summed E-state index contributed by atoms with van der Waals surface area (Å²) in [5.41, 5.74) is 8.30. The Morgan fingerprint density at radius 1 is 1.10 bits per heavy atom. The number of hydrogen-bond donors (Lipinski definition) is 2. The molecule has 3 N–H and O–H groups in total. The van der Waals surface area contributed by atoms with Gasteiger partial charge in [0.25, 0.3) is 0 Å². The van der Waals surface area contributed by atoms with Crippen molar-refractivity contribution in [2.45, 2.75) is 44.4 Å². The number of rotatable bonds is 2. The molecule has 0 atom stereocenters. The van der Waals surface area contributed by atoms with Crippen LogP contribution in [0.1, 0.15) is 50.1 Å². The molecule has 0 unspecified atom stereocenters. The maximum atomic E-state index is 14.1. The molecule has 20 heavy (non-hydrogen) atoms. The van der Waals surface area contributed by atoms with Crippen LogP contribution in [0.5, 0.6) is 0 Å². The monoisotopic (exact) mass is 273 g/mol. The second-order valence-electron chi connectivity index (χ2n) is 5.57. The van der Waals surface area contributed by atoms with E-state index in [1.54, 1.807) is 12.1 Å². The first-order chi connectivity index (χ1) is 9.77. The van der Waals surface area contributed by atoms with E-state index in [-0.39, 0.29) is 5.82 Å².